The molecule has 1 fully saturated rings. The molecule has 0 saturated heterocycles. The number of hydrogen-bond acceptors (Lipinski definition) is 5. The SMILES string of the molecule is Cc1csc(SCc2ccc(C(=O)Nc3ccnn3C(C)C3CC3)cc2)n1. The van der Waals surface area contributed by atoms with E-state index in [1.54, 1.807) is 29.3 Å². The molecule has 7 heteroatoms. The Bertz CT molecular complexity index is 928. The van der Waals surface area contributed by atoms with Crippen molar-refractivity contribution in [2.45, 2.75) is 42.8 Å². The highest BCUT2D eigenvalue weighted by molar-refractivity contribution is 8.00. The summed E-state index contributed by atoms with van der Waals surface area (Å²) in [6.07, 6.45) is 4.23. The first-order chi connectivity index (χ1) is 13.1. The number of carbonyl (C=O) groups excluding carboxylic acids is 1. The van der Waals surface area contributed by atoms with Crippen LogP contribution >= 0.6 is 23.1 Å². The van der Waals surface area contributed by atoms with Crippen molar-refractivity contribution in [3.8, 4) is 0 Å². The van der Waals surface area contributed by atoms with Crippen LogP contribution in [0.4, 0.5) is 5.82 Å². The Morgan fingerprint density at radius 3 is 2.78 bits per heavy atom. The summed E-state index contributed by atoms with van der Waals surface area (Å²) in [4.78, 5) is 17.1. The normalized spacial score (nSPS) is 14.9. The first-order valence-corrected chi connectivity index (χ1v) is 11.0. The van der Waals surface area contributed by atoms with Gasteiger partial charge in [-0.3, -0.25) is 4.79 Å². The summed E-state index contributed by atoms with van der Waals surface area (Å²) in [5.41, 5.74) is 2.89. The monoisotopic (exact) mass is 398 g/mol. The fourth-order valence-corrected chi connectivity index (χ4v) is 4.81. The lowest BCUT2D eigenvalue weighted by atomic mass is 10.1. The number of benzene rings is 1. The molecule has 4 rings (SSSR count). The third-order valence-electron chi connectivity index (χ3n) is 4.78. The Morgan fingerprint density at radius 2 is 2.11 bits per heavy atom. The van der Waals surface area contributed by atoms with E-state index >= 15 is 0 Å². The number of hydrogen-bond donors (Lipinski definition) is 1. The van der Waals surface area contributed by atoms with Gasteiger partial charge in [-0.1, -0.05) is 23.9 Å². The molecule has 0 aliphatic heterocycles. The molecular weight excluding hydrogens is 376 g/mol. The molecule has 0 spiro atoms. The van der Waals surface area contributed by atoms with Crippen molar-refractivity contribution >= 4 is 34.8 Å². The van der Waals surface area contributed by atoms with Gasteiger partial charge in [-0.05, 0) is 50.3 Å². The predicted molar refractivity (Wildman–Crippen MR) is 110 cm³/mol. The van der Waals surface area contributed by atoms with E-state index in [-0.39, 0.29) is 5.91 Å². The summed E-state index contributed by atoms with van der Waals surface area (Å²) < 4.78 is 3.00. The largest absolute Gasteiger partial charge is 0.307 e. The molecule has 3 aromatic rings. The molecule has 1 aliphatic rings. The Hall–Kier alpha value is -2.12. The lowest BCUT2D eigenvalue weighted by Gasteiger charge is -2.15. The molecule has 140 valence electrons. The Morgan fingerprint density at radius 1 is 1.33 bits per heavy atom. The van der Waals surface area contributed by atoms with Crippen LogP contribution in [0.2, 0.25) is 0 Å². The number of anilines is 1. The molecule has 1 N–H and O–H groups in total. The number of thioether (sulfide) groups is 1. The van der Waals surface area contributed by atoms with Crippen LogP contribution in [0.25, 0.3) is 0 Å². The number of rotatable bonds is 7. The molecule has 27 heavy (non-hydrogen) atoms. The number of thiazole rings is 1. The van der Waals surface area contributed by atoms with Crippen molar-refractivity contribution in [2.75, 3.05) is 5.32 Å². The average Bonchev–Trinajstić information content (AvgIpc) is 3.29. The van der Waals surface area contributed by atoms with Crippen LogP contribution in [-0.2, 0) is 5.75 Å². The van der Waals surface area contributed by atoms with Crippen LogP contribution in [0, 0.1) is 12.8 Å². The number of nitrogens with zero attached hydrogens (tertiary/aromatic N) is 3. The van der Waals surface area contributed by atoms with Gasteiger partial charge in [0.05, 0.1) is 12.2 Å². The van der Waals surface area contributed by atoms with E-state index in [0.717, 1.165) is 21.6 Å². The summed E-state index contributed by atoms with van der Waals surface area (Å²) in [6, 6.07) is 9.95. The average molecular weight is 399 g/mol. The molecule has 5 nitrogen and oxygen atoms in total. The molecule has 1 unspecified atom stereocenters. The molecule has 1 atom stereocenters. The van der Waals surface area contributed by atoms with Crippen molar-refractivity contribution in [1.82, 2.24) is 14.8 Å². The van der Waals surface area contributed by atoms with Gasteiger partial charge in [-0.25, -0.2) is 9.67 Å². The summed E-state index contributed by atoms with van der Waals surface area (Å²) in [7, 11) is 0. The van der Waals surface area contributed by atoms with Crippen molar-refractivity contribution < 1.29 is 4.79 Å². The lowest BCUT2D eigenvalue weighted by Crippen LogP contribution is -2.18. The quantitative estimate of drug-likeness (QED) is 0.558. The van der Waals surface area contributed by atoms with Crippen molar-refractivity contribution in [3.63, 3.8) is 0 Å². The van der Waals surface area contributed by atoms with Crippen LogP contribution < -0.4 is 5.32 Å². The zero-order valence-corrected chi connectivity index (χ0v) is 17.0. The molecule has 1 amide bonds. The summed E-state index contributed by atoms with van der Waals surface area (Å²) in [5, 5.41) is 9.45. The summed E-state index contributed by atoms with van der Waals surface area (Å²) in [5.74, 6) is 2.19. The van der Waals surface area contributed by atoms with Crippen LogP contribution in [-0.4, -0.2) is 20.7 Å². The van der Waals surface area contributed by atoms with Crippen LogP contribution in [0.5, 0.6) is 0 Å². The summed E-state index contributed by atoms with van der Waals surface area (Å²) in [6.45, 7) is 4.17. The van der Waals surface area contributed by atoms with E-state index in [4.69, 9.17) is 0 Å². The van der Waals surface area contributed by atoms with Gasteiger partial charge in [0.1, 0.15) is 10.2 Å². The van der Waals surface area contributed by atoms with E-state index in [2.05, 4.69) is 27.7 Å². The van der Waals surface area contributed by atoms with Crippen molar-refractivity contribution in [1.29, 1.82) is 0 Å². The number of carbonyl (C=O) groups is 1. The molecule has 1 aromatic carbocycles. The highest BCUT2D eigenvalue weighted by Crippen LogP contribution is 2.40. The first-order valence-electron chi connectivity index (χ1n) is 9.09. The minimum absolute atomic E-state index is 0.102. The second-order valence-corrected chi connectivity index (χ2v) is 9.01. The molecular formula is C20H22N4OS2. The standard InChI is InChI=1S/C20H22N4OS2/c1-13-11-26-20(22-13)27-12-15-3-5-17(6-4-15)19(25)23-18-9-10-21-24(18)14(2)16-7-8-16/h3-6,9-11,14,16H,7-8,12H2,1-2H3,(H,23,25). The third-order valence-corrected chi connectivity index (χ3v) is 6.99. The Labute approximate surface area is 167 Å². The molecule has 0 bridgehead atoms. The first kappa shape index (κ1) is 18.3. The molecule has 1 saturated carbocycles. The molecule has 2 aromatic heterocycles. The van der Waals surface area contributed by atoms with Gasteiger partial charge >= 0.3 is 0 Å². The smallest absolute Gasteiger partial charge is 0.256 e. The van der Waals surface area contributed by atoms with Gasteiger partial charge in [-0.2, -0.15) is 5.10 Å². The highest BCUT2D eigenvalue weighted by atomic mass is 32.2. The maximum atomic E-state index is 12.6. The Balaban J connectivity index is 1.37. The number of aryl methyl sites for hydroxylation is 1. The van der Waals surface area contributed by atoms with E-state index in [0.29, 0.717) is 17.5 Å². The second kappa shape index (κ2) is 7.86. The maximum Gasteiger partial charge on any atom is 0.256 e. The number of aromatic nitrogens is 3. The second-order valence-electron chi connectivity index (χ2n) is 6.93. The van der Waals surface area contributed by atoms with Gasteiger partial charge in [0.15, 0.2) is 0 Å². The van der Waals surface area contributed by atoms with Gasteiger partial charge in [-0.15, -0.1) is 11.3 Å². The van der Waals surface area contributed by atoms with Crippen LogP contribution in [0.1, 0.15) is 47.4 Å². The van der Waals surface area contributed by atoms with E-state index in [1.165, 1.54) is 18.4 Å². The van der Waals surface area contributed by atoms with E-state index < -0.39 is 0 Å². The van der Waals surface area contributed by atoms with Gasteiger partial charge in [0.2, 0.25) is 0 Å². The Kier molecular flexibility index (Phi) is 5.31. The maximum absolute atomic E-state index is 12.6. The molecule has 1 aliphatic carbocycles. The minimum atomic E-state index is -0.102. The van der Waals surface area contributed by atoms with Gasteiger partial charge < -0.3 is 5.32 Å². The fraction of sp³-hybridized carbons (Fsp3) is 0.350. The topological polar surface area (TPSA) is 59.8 Å². The van der Waals surface area contributed by atoms with Crippen LogP contribution in [0.15, 0.2) is 46.2 Å². The number of nitrogens with one attached hydrogen (secondary N) is 1. The third kappa shape index (κ3) is 4.42. The lowest BCUT2D eigenvalue weighted by molar-refractivity contribution is 0.102. The zero-order valence-electron chi connectivity index (χ0n) is 15.4. The van der Waals surface area contributed by atoms with E-state index in [9.17, 15) is 4.79 Å². The van der Waals surface area contributed by atoms with Crippen molar-refractivity contribution in [2.24, 2.45) is 5.92 Å². The fourth-order valence-electron chi connectivity index (χ4n) is 3.00. The van der Waals surface area contributed by atoms with Crippen LogP contribution in [0.3, 0.4) is 0 Å². The zero-order chi connectivity index (χ0) is 18.8. The number of amides is 1. The highest BCUT2D eigenvalue weighted by Gasteiger charge is 2.30. The van der Waals surface area contributed by atoms with Gasteiger partial charge in [0, 0.05) is 28.5 Å². The van der Waals surface area contributed by atoms with E-state index in [1.807, 2.05) is 41.9 Å². The minimum Gasteiger partial charge on any atom is -0.307 e. The predicted octanol–water partition coefficient (Wildman–Crippen LogP) is 5.16. The van der Waals surface area contributed by atoms with Crippen molar-refractivity contribution in [3.05, 3.63) is 58.7 Å². The molecule has 2 heterocycles. The van der Waals surface area contributed by atoms with Gasteiger partial charge in [0.25, 0.3) is 5.91 Å². The summed E-state index contributed by atoms with van der Waals surface area (Å²) >= 11 is 3.39. The molecule has 0 radical (unpaired) electrons.